The highest BCUT2D eigenvalue weighted by Gasteiger charge is 2.25. The van der Waals surface area contributed by atoms with E-state index in [2.05, 4.69) is 22.2 Å². The number of nitrogens with zero attached hydrogens (tertiary/aromatic N) is 2. The van der Waals surface area contributed by atoms with Crippen molar-refractivity contribution < 1.29 is 14.7 Å². The molecule has 2 unspecified atom stereocenters. The Morgan fingerprint density at radius 2 is 2.15 bits per heavy atom. The third-order valence-corrected chi connectivity index (χ3v) is 5.08. The molecule has 146 valence electrons. The van der Waals surface area contributed by atoms with Crippen LogP contribution in [0.4, 0.5) is 0 Å². The van der Waals surface area contributed by atoms with E-state index in [9.17, 15) is 14.7 Å². The first kappa shape index (κ1) is 20.4. The second-order valence-corrected chi connectivity index (χ2v) is 7.40. The van der Waals surface area contributed by atoms with E-state index in [-0.39, 0.29) is 24.3 Å². The predicted molar refractivity (Wildman–Crippen MR) is 99.6 cm³/mol. The number of aromatic amines is 1. The second kappa shape index (κ2) is 10.3. The van der Waals surface area contributed by atoms with Crippen LogP contribution in [0.5, 0.6) is 0 Å². The number of hydrogen-bond donors (Lipinski definition) is 3. The number of aromatic nitrogens is 2. The molecular formula is C19H32N4O3. The summed E-state index contributed by atoms with van der Waals surface area (Å²) in [6.07, 6.45) is 8.21. The summed E-state index contributed by atoms with van der Waals surface area (Å²) in [6.45, 7) is 5.57. The smallest absolute Gasteiger partial charge is 0.269 e. The second-order valence-electron chi connectivity index (χ2n) is 7.40. The number of H-pyrrole nitrogens is 1. The highest BCUT2D eigenvalue weighted by molar-refractivity contribution is 5.92. The zero-order valence-corrected chi connectivity index (χ0v) is 15.9. The van der Waals surface area contributed by atoms with Crippen molar-refractivity contribution in [2.75, 3.05) is 13.1 Å². The number of piperidine rings is 1. The van der Waals surface area contributed by atoms with Crippen molar-refractivity contribution in [2.45, 2.75) is 70.9 Å². The van der Waals surface area contributed by atoms with Crippen LogP contribution in [0.2, 0.25) is 0 Å². The van der Waals surface area contributed by atoms with E-state index in [0.717, 1.165) is 45.2 Å². The maximum atomic E-state index is 12.3. The fourth-order valence-corrected chi connectivity index (χ4v) is 3.53. The molecule has 2 rings (SSSR count). The van der Waals surface area contributed by atoms with E-state index >= 15 is 0 Å². The lowest BCUT2D eigenvalue weighted by molar-refractivity contribution is -0.134. The van der Waals surface area contributed by atoms with Crippen molar-refractivity contribution >= 4 is 11.8 Å². The minimum Gasteiger partial charge on any atom is -0.393 e. The molecule has 2 amide bonds. The third-order valence-electron chi connectivity index (χ3n) is 5.08. The average molecular weight is 364 g/mol. The Balaban J connectivity index is 1.67. The summed E-state index contributed by atoms with van der Waals surface area (Å²) < 4.78 is 0. The Hall–Kier alpha value is -1.89. The molecule has 1 aliphatic rings. The lowest BCUT2D eigenvalue weighted by Crippen LogP contribution is -2.41. The molecule has 7 heteroatoms. The quantitative estimate of drug-likeness (QED) is 0.625. The fraction of sp³-hybridized carbons (Fsp3) is 0.737. The average Bonchev–Trinajstić information content (AvgIpc) is 3.15. The van der Waals surface area contributed by atoms with Gasteiger partial charge in [0.2, 0.25) is 5.91 Å². The van der Waals surface area contributed by atoms with Gasteiger partial charge in [0, 0.05) is 19.1 Å². The molecule has 2 heterocycles. The molecule has 26 heavy (non-hydrogen) atoms. The normalized spacial score (nSPS) is 17.7. The molecule has 0 aliphatic carbocycles. The summed E-state index contributed by atoms with van der Waals surface area (Å²) in [5, 5.41) is 12.9. The van der Waals surface area contributed by atoms with Gasteiger partial charge in [-0.05, 0) is 38.5 Å². The van der Waals surface area contributed by atoms with Crippen LogP contribution in [-0.2, 0) is 4.79 Å². The number of amides is 2. The van der Waals surface area contributed by atoms with Crippen LogP contribution in [0.25, 0.3) is 0 Å². The maximum Gasteiger partial charge on any atom is 0.269 e. The number of aliphatic hydroxyl groups excluding tert-OH is 1. The Morgan fingerprint density at radius 3 is 2.77 bits per heavy atom. The molecule has 1 fully saturated rings. The number of carbonyl (C=O) groups is 2. The van der Waals surface area contributed by atoms with Gasteiger partial charge in [-0.3, -0.25) is 9.59 Å². The van der Waals surface area contributed by atoms with E-state index in [4.69, 9.17) is 0 Å². The van der Waals surface area contributed by atoms with Gasteiger partial charge in [-0.15, -0.1) is 0 Å². The summed E-state index contributed by atoms with van der Waals surface area (Å²) in [4.78, 5) is 32.8. The number of nitrogens with one attached hydrogen (secondary N) is 2. The summed E-state index contributed by atoms with van der Waals surface area (Å²) >= 11 is 0. The molecular weight excluding hydrogens is 332 g/mol. The van der Waals surface area contributed by atoms with Crippen LogP contribution >= 0.6 is 0 Å². The molecule has 1 aromatic rings. The number of carbonyl (C=O) groups excluding carboxylic acids is 2. The lowest BCUT2D eigenvalue weighted by Gasteiger charge is -2.33. The van der Waals surface area contributed by atoms with Crippen LogP contribution in [0.1, 0.15) is 69.3 Å². The Morgan fingerprint density at radius 1 is 1.42 bits per heavy atom. The number of aliphatic hydroxyl groups is 1. The van der Waals surface area contributed by atoms with E-state index in [0.29, 0.717) is 18.0 Å². The van der Waals surface area contributed by atoms with Gasteiger partial charge in [0.25, 0.3) is 5.91 Å². The molecule has 0 saturated carbocycles. The molecule has 1 saturated heterocycles. The first-order valence-corrected chi connectivity index (χ1v) is 9.74. The molecule has 0 aromatic carbocycles. The zero-order chi connectivity index (χ0) is 18.9. The summed E-state index contributed by atoms with van der Waals surface area (Å²) in [5.74, 6) is 0.428. The lowest BCUT2D eigenvalue weighted by atomic mass is 9.90. The van der Waals surface area contributed by atoms with Crippen LogP contribution in [-0.4, -0.2) is 57.0 Å². The summed E-state index contributed by atoms with van der Waals surface area (Å²) in [6, 6.07) is 0.0777. The number of unbranched alkanes of at least 4 members (excludes halogenated alkanes) is 1. The van der Waals surface area contributed by atoms with Crippen molar-refractivity contribution in [1.29, 1.82) is 0 Å². The first-order valence-electron chi connectivity index (χ1n) is 9.74. The minimum atomic E-state index is -0.516. The van der Waals surface area contributed by atoms with E-state index in [1.807, 2.05) is 11.8 Å². The SMILES string of the molecule is CCCCC(O)CC(=O)N1CCC(CC(C)NC(=O)c2cnc[nH]2)CC1. The van der Waals surface area contributed by atoms with Crippen LogP contribution in [0.3, 0.4) is 0 Å². The Bertz CT molecular complexity index is 553. The van der Waals surface area contributed by atoms with E-state index in [1.165, 1.54) is 12.5 Å². The van der Waals surface area contributed by atoms with Gasteiger partial charge in [0.15, 0.2) is 0 Å². The number of likely N-dealkylation sites (tertiary alicyclic amines) is 1. The Labute approximate surface area is 155 Å². The number of rotatable bonds is 9. The van der Waals surface area contributed by atoms with Gasteiger partial charge in [0.05, 0.1) is 25.0 Å². The van der Waals surface area contributed by atoms with Gasteiger partial charge >= 0.3 is 0 Å². The topological polar surface area (TPSA) is 98.3 Å². The standard InChI is InChI=1S/C19H32N4O3/c1-3-4-5-16(24)11-18(25)23-8-6-15(7-9-23)10-14(2)22-19(26)17-12-20-13-21-17/h12-16,24H,3-11H2,1-2H3,(H,20,21)(H,22,26). The minimum absolute atomic E-state index is 0.0626. The molecule has 1 aliphatic heterocycles. The van der Waals surface area contributed by atoms with E-state index < -0.39 is 6.10 Å². The van der Waals surface area contributed by atoms with Crippen molar-refractivity contribution in [3.05, 3.63) is 18.2 Å². The monoisotopic (exact) mass is 364 g/mol. The number of hydrogen-bond acceptors (Lipinski definition) is 4. The zero-order valence-electron chi connectivity index (χ0n) is 15.9. The van der Waals surface area contributed by atoms with Crippen LogP contribution in [0.15, 0.2) is 12.5 Å². The highest BCUT2D eigenvalue weighted by atomic mass is 16.3. The summed E-state index contributed by atoms with van der Waals surface area (Å²) in [7, 11) is 0. The molecule has 1 aromatic heterocycles. The summed E-state index contributed by atoms with van der Waals surface area (Å²) in [5.41, 5.74) is 0.471. The fourth-order valence-electron chi connectivity index (χ4n) is 3.53. The van der Waals surface area contributed by atoms with Crippen molar-refractivity contribution in [3.8, 4) is 0 Å². The van der Waals surface area contributed by atoms with Gasteiger partial charge in [-0.25, -0.2) is 4.98 Å². The third kappa shape index (κ3) is 6.44. The molecule has 3 N–H and O–H groups in total. The first-order chi connectivity index (χ1) is 12.5. The van der Waals surface area contributed by atoms with Crippen LogP contribution in [0, 0.1) is 5.92 Å². The van der Waals surface area contributed by atoms with E-state index in [1.54, 1.807) is 0 Å². The van der Waals surface area contributed by atoms with Crippen LogP contribution < -0.4 is 5.32 Å². The largest absolute Gasteiger partial charge is 0.393 e. The molecule has 0 bridgehead atoms. The Kier molecular flexibility index (Phi) is 8.09. The van der Waals surface area contributed by atoms with Crippen molar-refractivity contribution in [3.63, 3.8) is 0 Å². The van der Waals surface area contributed by atoms with Gasteiger partial charge in [0.1, 0.15) is 5.69 Å². The number of imidazole rings is 1. The van der Waals surface area contributed by atoms with Gasteiger partial charge in [-0.2, -0.15) is 0 Å². The van der Waals surface area contributed by atoms with Crippen molar-refractivity contribution in [2.24, 2.45) is 5.92 Å². The maximum absolute atomic E-state index is 12.3. The van der Waals surface area contributed by atoms with Gasteiger partial charge < -0.3 is 20.3 Å². The van der Waals surface area contributed by atoms with Gasteiger partial charge in [-0.1, -0.05) is 19.8 Å². The highest BCUT2D eigenvalue weighted by Crippen LogP contribution is 2.23. The molecule has 2 atom stereocenters. The molecule has 0 radical (unpaired) electrons. The molecule has 0 spiro atoms. The predicted octanol–water partition coefficient (Wildman–Crippen LogP) is 2.10. The van der Waals surface area contributed by atoms with Crippen molar-refractivity contribution in [1.82, 2.24) is 20.2 Å². The molecule has 7 nitrogen and oxygen atoms in total.